The first-order chi connectivity index (χ1) is 15.8. The Morgan fingerprint density at radius 3 is 2.69 bits per heavy atom. The van der Waals surface area contributed by atoms with E-state index < -0.39 is 0 Å². The largest absolute Gasteiger partial charge is 0.489 e. The number of hydrogen-bond donors (Lipinski definition) is 0. The monoisotopic (exact) mass is 415 g/mol. The lowest BCUT2D eigenvalue weighted by Crippen LogP contribution is -1.99. The van der Waals surface area contributed by atoms with E-state index in [9.17, 15) is 5.26 Å². The molecule has 0 atom stereocenters. The topological polar surface area (TPSA) is 50.8 Å². The van der Waals surface area contributed by atoms with Crippen LogP contribution in [0.1, 0.15) is 11.1 Å². The minimum atomic E-state index is 0.470. The lowest BCUT2D eigenvalue weighted by atomic mass is 10.1. The molecule has 0 bridgehead atoms. The Balaban J connectivity index is 1.34. The number of hydrogen-bond acceptors (Lipinski definition) is 3. The number of ether oxygens (including phenoxy) is 1. The molecule has 0 radical (unpaired) electrons. The Hall–Kier alpha value is -4.36. The van der Waals surface area contributed by atoms with E-state index in [-0.39, 0.29) is 0 Å². The maximum absolute atomic E-state index is 9.70. The summed E-state index contributed by atoms with van der Waals surface area (Å²) in [7, 11) is 0. The van der Waals surface area contributed by atoms with Gasteiger partial charge in [-0.15, -0.1) is 0 Å². The van der Waals surface area contributed by atoms with E-state index in [1.54, 1.807) is 6.33 Å². The fraction of sp³-hybridized carbons (Fsp3) is 0.0714. The Morgan fingerprint density at radius 2 is 1.75 bits per heavy atom. The molecule has 0 amide bonds. The second kappa shape index (κ2) is 8.79. The van der Waals surface area contributed by atoms with Gasteiger partial charge in [0, 0.05) is 5.57 Å². The van der Waals surface area contributed by atoms with Gasteiger partial charge in [-0.25, -0.2) is 4.98 Å². The van der Waals surface area contributed by atoms with Gasteiger partial charge in [0.25, 0.3) is 0 Å². The molecule has 0 spiro atoms. The maximum atomic E-state index is 9.70. The predicted molar refractivity (Wildman–Crippen MR) is 128 cm³/mol. The first kappa shape index (κ1) is 19.6. The van der Waals surface area contributed by atoms with E-state index in [0.29, 0.717) is 18.7 Å². The Kier molecular flexibility index (Phi) is 5.38. The van der Waals surface area contributed by atoms with Gasteiger partial charge in [-0.3, -0.25) is 0 Å². The Morgan fingerprint density at radius 1 is 0.938 bits per heavy atom. The first-order valence-corrected chi connectivity index (χ1v) is 10.5. The molecule has 1 heterocycles. The molecule has 0 unspecified atom stereocenters. The summed E-state index contributed by atoms with van der Waals surface area (Å²) in [5.74, 6) is 0.775. The molecule has 0 fully saturated rings. The number of fused-ring (bicyclic) bond motifs is 2. The van der Waals surface area contributed by atoms with Gasteiger partial charge in [-0.1, -0.05) is 66.7 Å². The van der Waals surface area contributed by atoms with E-state index in [2.05, 4.69) is 41.4 Å². The highest BCUT2D eigenvalue weighted by molar-refractivity contribution is 5.85. The molecule has 0 saturated heterocycles. The lowest BCUT2D eigenvalue weighted by Gasteiger charge is -2.10. The van der Waals surface area contributed by atoms with Crippen molar-refractivity contribution in [1.29, 1.82) is 5.26 Å². The fourth-order valence-corrected chi connectivity index (χ4v) is 3.91. The number of rotatable bonds is 6. The molecule has 1 aromatic heterocycles. The Bertz CT molecular complexity index is 1470. The van der Waals surface area contributed by atoms with Gasteiger partial charge in [0.05, 0.1) is 30.0 Å². The zero-order valence-electron chi connectivity index (χ0n) is 17.5. The van der Waals surface area contributed by atoms with Crippen LogP contribution >= 0.6 is 0 Å². The van der Waals surface area contributed by atoms with Crippen molar-refractivity contribution in [3.8, 4) is 11.8 Å². The molecule has 5 rings (SSSR count). The van der Waals surface area contributed by atoms with Crippen LogP contribution in [0.15, 0.2) is 103 Å². The molecule has 0 N–H and O–H groups in total. The van der Waals surface area contributed by atoms with E-state index in [1.165, 1.54) is 10.8 Å². The number of para-hydroxylation sites is 2. The van der Waals surface area contributed by atoms with Gasteiger partial charge in [-0.05, 0) is 52.2 Å². The number of nitrogens with zero attached hydrogens (tertiary/aromatic N) is 3. The predicted octanol–water partition coefficient (Wildman–Crippen LogP) is 6.38. The van der Waals surface area contributed by atoms with Crippen LogP contribution in [0.4, 0.5) is 0 Å². The van der Waals surface area contributed by atoms with Gasteiger partial charge in [-0.2, -0.15) is 5.26 Å². The van der Waals surface area contributed by atoms with Gasteiger partial charge >= 0.3 is 0 Å². The van der Waals surface area contributed by atoms with Crippen molar-refractivity contribution in [3.05, 3.63) is 114 Å². The molecule has 154 valence electrons. The minimum Gasteiger partial charge on any atom is -0.489 e. The van der Waals surface area contributed by atoms with E-state index in [0.717, 1.165) is 27.9 Å². The number of benzene rings is 4. The summed E-state index contributed by atoms with van der Waals surface area (Å²) < 4.78 is 8.08. The molecule has 4 aromatic carbocycles. The second-order valence-electron chi connectivity index (χ2n) is 7.64. The van der Waals surface area contributed by atoms with Gasteiger partial charge in [0.2, 0.25) is 0 Å². The molecule has 0 aliphatic rings. The highest BCUT2D eigenvalue weighted by atomic mass is 16.5. The fourth-order valence-electron chi connectivity index (χ4n) is 3.91. The van der Waals surface area contributed by atoms with Crippen molar-refractivity contribution in [2.75, 3.05) is 0 Å². The number of allylic oxidation sites excluding steroid dienone is 1. The van der Waals surface area contributed by atoms with Crippen molar-refractivity contribution in [2.45, 2.75) is 13.2 Å². The van der Waals surface area contributed by atoms with Crippen LogP contribution in [0.3, 0.4) is 0 Å². The number of nitriles is 1. The van der Waals surface area contributed by atoms with Crippen LogP contribution < -0.4 is 4.74 Å². The minimum absolute atomic E-state index is 0.470. The SMILES string of the molecule is N#C/C(=C/c1cccc(OCc2cccc3ccccc23)c1)Cn1cnc2ccccc21. The summed E-state index contributed by atoms with van der Waals surface area (Å²) >= 11 is 0. The quantitative estimate of drug-likeness (QED) is 0.303. The summed E-state index contributed by atoms with van der Waals surface area (Å²) in [6, 6.07) is 32.7. The lowest BCUT2D eigenvalue weighted by molar-refractivity contribution is 0.307. The van der Waals surface area contributed by atoms with Crippen molar-refractivity contribution in [1.82, 2.24) is 9.55 Å². The highest BCUT2D eigenvalue weighted by Gasteiger charge is 2.06. The summed E-state index contributed by atoms with van der Waals surface area (Å²) in [5, 5.41) is 12.1. The summed E-state index contributed by atoms with van der Waals surface area (Å²) in [4.78, 5) is 4.41. The molecular formula is C28H21N3O. The van der Waals surface area contributed by atoms with Crippen LogP contribution in [0, 0.1) is 11.3 Å². The van der Waals surface area contributed by atoms with Crippen molar-refractivity contribution >= 4 is 27.9 Å². The molecule has 0 aliphatic carbocycles. The first-order valence-electron chi connectivity index (χ1n) is 10.5. The third kappa shape index (κ3) is 4.10. The number of imidazole rings is 1. The highest BCUT2D eigenvalue weighted by Crippen LogP contribution is 2.22. The molecule has 4 nitrogen and oxygen atoms in total. The van der Waals surface area contributed by atoms with Crippen LogP contribution in [0.5, 0.6) is 5.75 Å². The van der Waals surface area contributed by atoms with Crippen molar-refractivity contribution < 1.29 is 4.74 Å². The molecule has 4 heteroatoms. The molecule has 32 heavy (non-hydrogen) atoms. The standard InChI is InChI=1S/C28H21N3O/c29-17-22(18-31-20-30-27-13-3-4-14-28(27)31)15-21-7-5-11-25(16-21)32-19-24-10-6-9-23-8-1-2-12-26(23)24/h1-16,20H,18-19H2/b22-15-. The van der Waals surface area contributed by atoms with Gasteiger partial charge in [0.1, 0.15) is 12.4 Å². The zero-order valence-corrected chi connectivity index (χ0v) is 17.5. The van der Waals surface area contributed by atoms with Crippen LogP contribution in [-0.2, 0) is 13.2 Å². The van der Waals surface area contributed by atoms with Gasteiger partial charge < -0.3 is 9.30 Å². The maximum Gasteiger partial charge on any atom is 0.120 e. The number of aromatic nitrogens is 2. The van der Waals surface area contributed by atoms with Crippen molar-refractivity contribution in [3.63, 3.8) is 0 Å². The third-order valence-corrected chi connectivity index (χ3v) is 5.48. The average Bonchev–Trinajstić information content (AvgIpc) is 3.25. The van der Waals surface area contributed by atoms with Crippen LogP contribution in [-0.4, -0.2) is 9.55 Å². The van der Waals surface area contributed by atoms with Crippen molar-refractivity contribution in [2.24, 2.45) is 0 Å². The van der Waals surface area contributed by atoms with Gasteiger partial charge in [0.15, 0.2) is 0 Å². The Labute approximate surface area is 186 Å². The summed E-state index contributed by atoms with van der Waals surface area (Å²) in [6.07, 6.45) is 3.68. The molecular weight excluding hydrogens is 394 g/mol. The molecule has 5 aromatic rings. The third-order valence-electron chi connectivity index (χ3n) is 5.48. The van der Waals surface area contributed by atoms with Crippen LogP contribution in [0.2, 0.25) is 0 Å². The average molecular weight is 415 g/mol. The summed E-state index contributed by atoms with van der Waals surface area (Å²) in [5.41, 5.74) is 4.67. The molecule has 0 aliphatic heterocycles. The zero-order chi connectivity index (χ0) is 21.8. The summed E-state index contributed by atoms with van der Waals surface area (Å²) in [6.45, 7) is 0.957. The van der Waals surface area contributed by atoms with E-state index in [4.69, 9.17) is 4.74 Å². The molecule has 0 saturated carbocycles. The van der Waals surface area contributed by atoms with Crippen LogP contribution in [0.25, 0.3) is 27.9 Å². The van der Waals surface area contributed by atoms with E-state index >= 15 is 0 Å². The normalized spacial score (nSPS) is 11.5. The van der Waals surface area contributed by atoms with E-state index in [1.807, 2.05) is 71.3 Å². The smallest absolute Gasteiger partial charge is 0.120 e. The second-order valence-corrected chi connectivity index (χ2v) is 7.64.